The first-order valence-corrected chi connectivity index (χ1v) is 4.93. The highest BCUT2D eigenvalue weighted by atomic mass is 16.4. The third-order valence-electron chi connectivity index (χ3n) is 2.02. The molecule has 0 saturated carbocycles. The van der Waals surface area contributed by atoms with Crippen LogP contribution in [0.5, 0.6) is 0 Å². The Labute approximate surface area is 89.4 Å². The van der Waals surface area contributed by atoms with Crippen molar-refractivity contribution >= 4 is 11.7 Å². The lowest BCUT2D eigenvalue weighted by Crippen LogP contribution is -2.06. The molecule has 0 fully saturated rings. The highest BCUT2D eigenvalue weighted by molar-refractivity contribution is 5.94. The fraction of sp³-hybridized carbons (Fsp3) is 0.250. The van der Waals surface area contributed by atoms with Crippen LogP contribution >= 0.6 is 0 Å². The van der Waals surface area contributed by atoms with E-state index in [-0.39, 0.29) is 0 Å². The zero-order valence-electron chi connectivity index (χ0n) is 8.73. The SMILES string of the molecule is C/C=C/CCNc1ccccc1C(=O)O. The lowest BCUT2D eigenvalue weighted by Gasteiger charge is -2.07. The van der Waals surface area contributed by atoms with Crippen LogP contribution in [0.3, 0.4) is 0 Å². The van der Waals surface area contributed by atoms with Gasteiger partial charge in [0.1, 0.15) is 0 Å². The van der Waals surface area contributed by atoms with E-state index in [1.165, 1.54) is 0 Å². The number of allylic oxidation sites excluding steroid dienone is 1. The maximum Gasteiger partial charge on any atom is 0.337 e. The second kappa shape index (κ2) is 5.86. The average molecular weight is 205 g/mol. The average Bonchev–Trinajstić information content (AvgIpc) is 2.25. The highest BCUT2D eigenvalue weighted by Crippen LogP contribution is 2.14. The highest BCUT2D eigenvalue weighted by Gasteiger charge is 2.07. The minimum absolute atomic E-state index is 0.318. The Bertz CT molecular complexity index is 358. The van der Waals surface area contributed by atoms with Crippen molar-refractivity contribution in [2.45, 2.75) is 13.3 Å². The smallest absolute Gasteiger partial charge is 0.337 e. The summed E-state index contributed by atoms with van der Waals surface area (Å²) in [6, 6.07) is 6.92. The summed E-state index contributed by atoms with van der Waals surface area (Å²) >= 11 is 0. The number of hydrogen-bond acceptors (Lipinski definition) is 2. The summed E-state index contributed by atoms with van der Waals surface area (Å²) in [7, 11) is 0. The van der Waals surface area contributed by atoms with Crippen LogP contribution < -0.4 is 5.32 Å². The quantitative estimate of drug-likeness (QED) is 0.574. The molecule has 3 nitrogen and oxygen atoms in total. The van der Waals surface area contributed by atoms with E-state index < -0.39 is 5.97 Å². The molecule has 0 aliphatic rings. The van der Waals surface area contributed by atoms with Crippen LogP contribution in [-0.4, -0.2) is 17.6 Å². The number of carboxylic acid groups (broad SMARTS) is 1. The monoisotopic (exact) mass is 205 g/mol. The maximum atomic E-state index is 10.9. The van der Waals surface area contributed by atoms with Gasteiger partial charge in [-0.1, -0.05) is 24.3 Å². The van der Waals surface area contributed by atoms with Gasteiger partial charge in [-0.3, -0.25) is 0 Å². The Hall–Kier alpha value is -1.77. The predicted octanol–water partition coefficient (Wildman–Crippen LogP) is 2.76. The molecule has 0 bridgehead atoms. The molecule has 2 N–H and O–H groups in total. The zero-order valence-corrected chi connectivity index (χ0v) is 8.73. The Morgan fingerprint density at radius 3 is 2.87 bits per heavy atom. The number of rotatable bonds is 5. The van der Waals surface area contributed by atoms with Gasteiger partial charge in [0.05, 0.1) is 5.56 Å². The van der Waals surface area contributed by atoms with E-state index in [2.05, 4.69) is 5.32 Å². The molecular formula is C12H15NO2. The zero-order chi connectivity index (χ0) is 11.1. The summed E-state index contributed by atoms with van der Waals surface area (Å²) in [5.74, 6) is -0.899. The van der Waals surface area contributed by atoms with E-state index in [0.29, 0.717) is 11.3 Å². The van der Waals surface area contributed by atoms with Crippen LogP contribution in [0.15, 0.2) is 36.4 Å². The minimum atomic E-state index is -0.899. The molecule has 0 amide bonds. The van der Waals surface area contributed by atoms with Crippen molar-refractivity contribution < 1.29 is 9.90 Å². The van der Waals surface area contributed by atoms with Gasteiger partial charge in [-0.2, -0.15) is 0 Å². The molecule has 0 spiro atoms. The number of aromatic carboxylic acids is 1. The fourth-order valence-electron chi connectivity index (χ4n) is 1.28. The fourth-order valence-corrected chi connectivity index (χ4v) is 1.28. The third kappa shape index (κ3) is 3.46. The van der Waals surface area contributed by atoms with Gasteiger partial charge >= 0.3 is 5.97 Å². The van der Waals surface area contributed by atoms with Crippen LogP contribution in [0, 0.1) is 0 Å². The normalized spacial score (nSPS) is 10.5. The van der Waals surface area contributed by atoms with Gasteiger partial charge in [0.15, 0.2) is 0 Å². The molecule has 0 radical (unpaired) electrons. The van der Waals surface area contributed by atoms with Crippen molar-refractivity contribution in [3.63, 3.8) is 0 Å². The molecule has 80 valence electrons. The number of hydrogen-bond donors (Lipinski definition) is 2. The van der Waals surface area contributed by atoms with E-state index in [1.54, 1.807) is 18.2 Å². The van der Waals surface area contributed by atoms with E-state index in [0.717, 1.165) is 13.0 Å². The Morgan fingerprint density at radius 2 is 2.20 bits per heavy atom. The Balaban J connectivity index is 2.63. The molecule has 0 aliphatic heterocycles. The minimum Gasteiger partial charge on any atom is -0.478 e. The molecule has 0 aliphatic carbocycles. The topological polar surface area (TPSA) is 49.3 Å². The van der Waals surface area contributed by atoms with Gasteiger partial charge in [0, 0.05) is 12.2 Å². The molecule has 3 heteroatoms. The molecule has 1 rings (SSSR count). The third-order valence-corrected chi connectivity index (χ3v) is 2.02. The van der Waals surface area contributed by atoms with Gasteiger partial charge < -0.3 is 10.4 Å². The first-order valence-electron chi connectivity index (χ1n) is 4.93. The molecule has 15 heavy (non-hydrogen) atoms. The second-order valence-electron chi connectivity index (χ2n) is 3.14. The Morgan fingerprint density at radius 1 is 1.47 bits per heavy atom. The summed E-state index contributed by atoms with van der Waals surface area (Å²) in [5.41, 5.74) is 0.993. The van der Waals surface area contributed by atoms with Crippen molar-refractivity contribution in [2.24, 2.45) is 0 Å². The number of nitrogens with one attached hydrogen (secondary N) is 1. The van der Waals surface area contributed by atoms with E-state index >= 15 is 0 Å². The summed E-state index contributed by atoms with van der Waals surface area (Å²) in [6.45, 7) is 2.71. The summed E-state index contributed by atoms with van der Waals surface area (Å²) < 4.78 is 0. The Kier molecular flexibility index (Phi) is 4.41. The van der Waals surface area contributed by atoms with Crippen LogP contribution in [-0.2, 0) is 0 Å². The molecule has 0 atom stereocenters. The molecule has 0 saturated heterocycles. The standard InChI is InChI=1S/C12H15NO2/c1-2-3-6-9-13-11-8-5-4-7-10(11)12(14)15/h2-5,7-8,13H,6,9H2,1H3,(H,14,15)/b3-2+. The van der Waals surface area contributed by atoms with Crippen molar-refractivity contribution in [3.8, 4) is 0 Å². The molecule has 1 aromatic carbocycles. The van der Waals surface area contributed by atoms with Gasteiger partial charge in [0.2, 0.25) is 0 Å². The maximum absolute atomic E-state index is 10.9. The van der Waals surface area contributed by atoms with Crippen molar-refractivity contribution in [1.29, 1.82) is 0 Å². The van der Waals surface area contributed by atoms with Crippen LogP contribution in [0.25, 0.3) is 0 Å². The number of anilines is 1. The summed E-state index contributed by atoms with van der Waals surface area (Å²) in [6.07, 6.45) is 4.91. The van der Waals surface area contributed by atoms with Gasteiger partial charge in [-0.25, -0.2) is 4.79 Å². The van der Waals surface area contributed by atoms with Gasteiger partial charge in [-0.05, 0) is 25.5 Å². The van der Waals surface area contributed by atoms with Crippen LogP contribution in [0.4, 0.5) is 5.69 Å². The van der Waals surface area contributed by atoms with E-state index in [4.69, 9.17) is 5.11 Å². The predicted molar refractivity (Wildman–Crippen MR) is 61.3 cm³/mol. The largest absolute Gasteiger partial charge is 0.478 e. The first kappa shape index (κ1) is 11.3. The first-order chi connectivity index (χ1) is 7.25. The van der Waals surface area contributed by atoms with Crippen molar-refractivity contribution in [2.75, 3.05) is 11.9 Å². The van der Waals surface area contributed by atoms with E-state index in [1.807, 2.05) is 25.1 Å². The molecule has 0 unspecified atom stereocenters. The van der Waals surface area contributed by atoms with Gasteiger partial charge in [0.25, 0.3) is 0 Å². The number of benzene rings is 1. The second-order valence-corrected chi connectivity index (χ2v) is 3.14. The van der Waals surface area contributed by atoms with Gasteiger partial charge in [-0.15, -0.1) is 0 Å². The van der Waals surface area contributed by atoms with E-state index in [9.17, 15) is 4.79 Å². The van der Waals surface area contributed by atoms with Crippen molar-refractivity contribution in [3.05, 3.63) is 42.0 Å². The van der Waals surface area contributed by atoms with Crippen LogP contribution in [0.1, 0.15) is 23.7 Å². The number of carboxylic acids is 1. The lowest BCUT2D eigenvalue weighted by molar-refractivity contribution is 0.0698. The van der Waals surface area contributed by atoms with Crippen molar-refractivity contribution in [1.82, 2.24) is 0 Å². The molecular weight excluding hydrogens is 190 g/mol. The van der Waals surface area contributed by atoms with Crippen LogP contribution in [0.2, 0.25) is 0 Å². The number of para-hydroxylation sites is 1. The molecule has 0 heterocycles. The summed E-state index contributed by atoms with van der Waals surface area (Å²) in [4.78, 5) is 10.9. The summed E-state index contributed by atoms with van der Waals surface area (Å²) in [5, 5.41) is 12.0. The molecule has 0 aromatic heterocycles. The molecule has 1 aromatic rings. The lowest BCUT2D eigenvalue weighted by atomic mass is 10.2. The number of carbonyl (C=O) groups is 1.